The molecule has 4 saturated heterocycles. The number of hydrogen-bond donors (Lipinski definition) is 4. The molecule has 73 heavy (non-hydrogen) atoms. The number of rotatable bonds is 12. The molecule has 0 aliphatic carbocycles. The highest BCUT2D eigenvalue weighted by molar-refractivity contribution is 9.09. The maximum absolute atomic E-state index is 14.8. The number of nitrogens with zero attached hydrogens (tertiary/aromatic N) is 8. The number of ketones is 2. The first-order chi connectivity index (χ1) is 34.8. The normalized spacial score (nSPS) is 16.2. The van der Waals surface area contributed by atoms with E-state index in [0.717, 1.165) is 95.5 Å². The second-order valence-electron chi connectivity index (χ2n) is 18.0. The van der Waals surface area contributed by atoms with Crippen LogP contribution >= 0.6 is 61.1 Å². The molecule has 14 nitrogen and oxygen atoms in total. The summed E-state index contributed by atoms with van der Waals surface area (Å²) >= 11 is 10.9. The third-order valence-electron chi connectivity index (χ3n) is 12.8. The molecule has 0 radical (unpaired) electrons. The van der Waals surface area contributed by atoms with Crippen molar-refractivity contribution in [3.8, 4) is 0 Å². The number of thiazole rings is 1. The van der Waals surface area contributed by atoms with Gasteiger partial charge in [0.05, 0.1) is 16.7 Å². The van der Waals surface area contributed by atoms with Gasteiger partial charge in [-0.1, -0.05) is 46.0 Å². The van der Waals surface area contributed by atoms with Gasteiger partial charge in [0.2, 0.25) is 5.78 Å². The number of nitrogen functional groups attached to an aromatic ring is 1. The molecule has 0 bridgehead atoms. The summed E-state index contributed by atoms with van der Waals surface area (Å²) in [6.45, 7) is 13.3. The first kappa shape index (κ1) is 57.3. The fourth-order valence-corrected chi connectivity index (χ4v) is 10.6. The Balaban J connectivity index is 0.000000193. The Morgan fingerprint density at radius 2 is 1.18 bits per heavy atom. The summed E-state index contributed by atoms with van der Waals surface area (Å²) in [5.41, 5.74) is 17.9. The number of thiocarbonyl (C=S) groups is 1. The Morgan fingerprint density at radius 1 is 0.712 bits per heavy atom. The number of aliphatic imine (C=N–C) groups is 1. The highest BCUT2D eigenvalue weighted by Crippen LogP contribution is 2.33. The number of hydrogen-bond acceptors (Lipinski definition) is 14. The van der Waals surface area contributed by atoms with Crippen LogP contribution < -0.4 is 41.7 Å². The summed E-state index contributed by atoms with van der Waals surface area (Å²) in [6.07, 6.45) is 4.97. The summed E-state index contributed by atoms with van der Waals surface area (Å²) in [7, 11) is 4.15. The molecule has 9 rings (SSSR count). The van der Waals surface area contributed by atoms with E-state index in [-0.39, 0.29) is 44.0 Å². The highest BCUT2D eigenvalue weighted by Gasteiger charge is 2.22. The number of alkyl halides is 1. The van der Waals surface area contributed by atoms with Gasteiger partial charge in [0.1, 0.15) is 22.3 Å². The second kappa shape index (κ2) is 28.1. The van der Waals surface area contributed by atoms with Crippen LogP contribution in [0.3, 0.4) is 0 Å². The van der Waals surface area contributed by atoms with Crippen LogP contribution in [0.1, 0.15) is 58.2 Å². The van der Waals surface area contributed by atoms with Crippen molar-refractivity contribution in [2.75, 3.05) is 140 Å². The number of amidine groups is 1. The first-order valence-electron chi connectivity index (χ1n) is 24.4. The minimum absolute atomic E-state index is 0. The Bertz CT molecular complexity index is 2640. The molecule has 1 unspecified atom stereocenters. The number of likely N-dealkylation sites (N-methyl/N-ethyl adjacent to an activating group) is 2. The number of thioether (sulfide) groups is 1. The predicted molar refractivity (Wildman–Crippen MR) is 316 cm³/mol. The minimum atomic E-state index is -0.284. The van der Waals surface area contributed by atoms with Crippen LogP contribution in [-0.4, -0.2) is 140 Å². The van der Waals surface area contributed by atoms with E-state index in [2.05, 4.69) is 80.0 Å². The molecule has 5 aromatic rings. The summed E-state index contributed by atoms with van der Waals surface area (Å²) in [5, 5.41) is 7.48. The molecule has 5 heterocycles. The molecule has 0 spiro atoms. The average molecular weight is 1140 g/mol. The van der Waals surface area contributed by atoms with Crippen molar-refractivity contribution >= 4 is 128 Å². The lowest BCUT2D eigenvalue weighted by atomic mass is 10.1. The Hall–Kier alpha value is -4.95. The van der Waals surface area contributed by atoms with Crippen LogP contribution in [0.5, 0.6) is 0 Å². The summed E-state index contributed by atoms with van der Waals surface area (Å²) < 4.78 is 29.2. The number of carbonyl (C=O) groups is 2. The van der Waals surface area contributed by atoms with Crippen molar-refractivity contribution in [1.29, 1.82) is 0 Å². The molecule has 4 aliphatic rings. The second-order valence-corrected chi connectivity index (χ2v) is 21.2. The van der Waals surface area contributed by atoms with Crippen LogP contribution in [-0.2, 0) is 0 Å². The third kappa shape index (κ3) is 16.3. The number of nitrogens with two attached hydrogens (primary N) is 2. The number of benzene rings is 4. The van der Waals surface area contributed by atoms with Crippen LogP contribution in [0.15, 0.2) is 89.9 Å². The van der Waals surface area contributed by atoms with Crippen LogP contribution in [0.2, 0.25) is 0 Å². The van der Waals surface area contributed by atoms with E-state index in [0.29, 0.717) is 48.8 Å². The quantitative estimate of drug-likeness (QED) is 0.0234. The van der Waals surface area contributed by atoms with Gasteiger partial charge in [-0.2, -0.15) is 14.9 Å². The van der Waals surface area contributed by atoms with Gasteiger partial charge in [0.25, 0.3) is 0 Å². The van der Waals surface area contributed by atoms with E-state index in [1.165, 1.54) is 66.6 Å². The summed E-state index contributed by atoms with van der Waals surface area (Å²) in [5.74, 6) is 0.439. The SMILES string of the molecule is CCSC(N)=NC(=S)Nc1ccc(N2CCN(C)CC2)c(F)c1.CN1CCN(c2ccc(Nc3nc(N)c(C(=O)c4ccc(N5CCCC5)cc4)s3)cc2F)CC1.O=C(CBr)c1ccc(N2CCCC2)cc1.P. The molecule has 0 amide bonds. The summed E-state index contributed by atoms with van der Waals surface area (Å²) in [4.78, 5) is 46.4. The Morgan fingerprint density at radius 3 is 1.64 bits per heavy atom. The van der Waals surface area contributed by atoms with E-state index < -0.39 is 0 Å². The smallest absolute Gasteiger partial charge is 0.206 e. The molecule has 4 fully saturated rings. The molecule has 0 saturated carbocycles. The van der Waals surface area contributed by atoms with E-state index in [4.69, 9.17) is 23.7 Å². The van der Waals surface area contributed by atoms with E-state index in [1.807, 2.05) is 67.6 Å². The van der Waals surface area contributed by atoms with Gasteiger partial charge in [0.15, 0.2) is 21.2 Å². The van der Waals surface area contributed by atoms with E-state index in [9.17, 15) is 18.4 Å². The zero-order chi connectivity index (χ0) is 51.1. The van der Waals surface area contributed by atoms with Crippen molar-refractivity contribution in [2.24, 2.45) is 10.7 Å². The molecule has 6 N–H and O–H groups in total. The van der Waals surface area contributed by atoms with Crippen molar-refractivity contribution in [3.05, 3.63) is 113 Å². The lowest BCUT2D eigenvalue weighted by Crippen LogP contribution is -2.44. The largest absolute Gasteiger partial charge is 0.382 e. The number of piperazine rings is 2. The van der Waals surface area contributed by atoms with Gasteiger partial charge in [-0.25, -0.2) is 13.8 Å². The number of nitrogens with one attached hydrogen (secondary N) is 2. The summed E-state index contributed by atoms with van der Waals surface area (Å²) in [6, 6.07) is 25.7. The van der Waals surface area contributed by atoms with Crippen LogP contribution in [0, 0.1) is 11.6 Å². The molecular weight excluding hydrogens is 1070 g/mol. The van der Waals surface area contributed by atoms with Gasteiger partial charge in [-0.15, -0.1) is 0 Å². The standard InChI is InChI=1S/C25H29FN6OS.C15H22FN5S2.C12H14BrNO.H3P/c1-30-12-14-32(15-13-30)21-9-6-18(16-20(21)26)28-25-29-24(27)23(34-25)22(33)17-4-7-19(8-5-17)31-10-2-3-11-31;1-3-23-14(17)19-15(22)18-11-4-5-13(12(16)10-11)21-8-6-20(2)7-9-21;13-9-12(15)10-3-5-11(6-4-10)14-7-1-2-8-14;/h4-9,16H,2-3,10-15,27H2,1H3,(H,28,29);4-5,10H,3,6-9H2,1-2H3,(H3,17,18,19,22);3-6H,1-2,7-9H2;1H3. The van der Waals surface area contributed by atoms with Crippen molar-refractivity contribution in [2.45, 2.75) is 32.6 Å². The number of anilines is 8. The maximum Gasteiger partial charge on any atom is 0.206 e. The number of carbonyl (C=O) groups excluding carboxylic acids is 2. The van der Waals surface area contributed by atoms with Crippen molar-refractivity contribution in [1.82, 2.24) is 14.8 Å². The Kier molecular flexibility index (Phi) is 22.1. The monoisotopic (exact) mass is 1140 g/mol. The van der Waals surface area contributed by atoms with Gasteiger partial charge in [-0.3, -0.25) is 9.59 Å². The van der Waals surface area contributed by atoms with Gasteiger partial charge in [0, 0.05) is 112 Å². The molecule has 4 aromatic carbocycles. The number of Topliss-reactive ketones (excluding diaryl/α,β-unsaturated/α-hetero) is 1. The highest BCUT2D eigenvalue weighted by atomic mass is 79.9. The first-order valence-corrected chi connectivity index (χ1v) is 27.7. The van der Waals surface area contributed by atoms with Gasteiger partial charge >= 0.3 is 0 Å². The Labute approximate surface area is 454 Å². The fourth-order valence-electron chi connectivity index (χ4n) is 8.72. The van der Waals surface area contributed by atoms with Crippen LogP contribution in [0.25, 0.3) is 0 Å². The minimum Gasteiger partial charge on any atom is -0.382 e. The fraction of sp³-hybridized carbons (Fsp3) is 0.404. The number of aromatic nitrogens is 1. The topological polar surface area (TPSA) is 155 Å². The maximum atomic E-state index is 14.8. The van der Waals surface area contributed by atoms with Crippen molar-refractivity contribution in [3.63, 3.8) is 0 Å². The molecule has 1 aromatic heterocycles. The molecule has 4 aliphatic heterocycles. The van der Waals surface area contributed by atoms with Crippen molar-refractivity contribution < 1.29 is 18.4 Å². The van der Waals surface area contributed by atoms with E-state index >= 15 is 0 Å². The van der Waals surface area contributed by atoms with E-state index in [1.54, 1.807) is 12.1 Å². The van der Waals surface area contributed by atoms with Gasteiger partial charge < -0.3 is 51.5 Å². The number of halogens is 3. The molecule has 1 atom stereocenters. The predicted octanol–water partition coefficient (Wildman–Crippen LogP) is 9.46. The lowest BCUT2D eigenvalue weighted by Gasteiger charge is -2.34. The lowest BCUT2D eigenvalue weighted by molar-refractivity contribution is 0.102. The third-order valence-corrected chi connectivity index (χ3v) is 15.2. The zero-order valence-corrected chi connectivity index (χ0v) is 47.4. The molecule has 21 heteroatoms. The molecule has 392 valence electrons. The van der Waals surface area contributed by atoms with Gasteiger partial charge in [-0.05, 0) is 143 Å². The zero-order valence-electron chi connectivity index (χ0n) is 41.9. The average Bonchev–Trinajstić information content (AvgIpc) is 4.19. The van der Waals surface area contributed by atoms with Crippen LogP contribution in [0.4, 0.5) is 53.9 Å². The molecular formula is C52H68BrF2N12O2PS3.